The minimum Gasteiger partial charge on any atom is -0.356 e. The molecule has 7 nitrogen and oxygen atoms in total. The Bertz CT molecular complexity index is 1090. The minimum atomic E-state index is -4.06. The van der Waals surface area contributed by atoms with Gasteiger partial charge in [-0.2, -0.15) is 0 Å². The molecule has 1 atom stereocenters. The molecule has 1 aromatic carbocycles. The number of hydrogen-bond donors (Lipinski definition) is 3. The molecule has 3 aromatic rings. The molecule has 4 N–H and O–H groups in total. The van der Waals surface area contributed by atoms with E-state index in [1.807, 2.05) is 0 Å². The van der Waals surface area contributed by atoms with Crippen LogP contribution >= 0.6 is 11.6 Å². The van der Waals surface area contributed by atoms with Crippen molar-refractivity contribution in [1.29, 1.82) is 0 Å². The number of nitrogens with two attached hydrogens (primary N) is 1. The highest BCUT2D eigenvalue weighted by Gasteiger charge is 2.23. The Morgan fingerprint density at radius 2 is 1.79 bits per heavy atom. The van der Waals surface area contributed by atoms with Crippen molar-refractivity contribution in [2.24, 2.45) is 5.14 Å². The van der Waals surface area contributed by atoms with Crippen LogP contribution in [-0.4, -0.2) is 23.4 Å². The van der Waals surface area contributed by atoms with E-state index in [-0.39, 0.29) is 11.6 Å². The number of primary sulfonamides is 1. The zero-order valence-electron chi connectivity index (χ0n) is 13.9. The standard InChI is InChI=1S/C16H13ClF3N5O2S/c17-9-3-1-8(2-4-9)13(16-22-7-12(25-16)28(21,26)27)23-11-6-5-10(18)14(24-11)15(19)20/h1-7,13,15H,(H,22,25)(H,23,24)(H2,21,26,27). The average molecular weight is 432 g/mol. The Balaban J connectivity index is 2.03. The molecule has 0 bridgehead atoms. The molecule has 28 heavy (non-hydrogen) atoms. The van der Waals surface area contributed by atoms with E-state index < -0.39 is 39.0 Å². The predicted octanol–water partition coefficient (Wildman–Crippen LogP) is 3.38. The molecule has 1 unspecified atom stereocenters. The molecule has 0 radical (unpaired) electrons. The summed E-state index contributed by atoms with van der Waals surface area (Å²) in [7, 11) is -4.06. The maximum absolute atomic E-state index is 13.5. The fraction of sp³-hybridized carbons (Fsp3) is 0.125. The molecule has 0 aliphatic heterocycles. The fourth-order valence-corrected chi connectivity index (χ4v) is 2.99. The Morgan fingerprint density at radius 3 is 2.36 bits per heavy atom. The summed E-state index contributed by atoms with van der Waals surface area (Å²) in [6.45, 7) is 0. The number of nitrogens with one attached hydrogen (secondary N) is 2. The first-order valence-corrected chi connectivity index (χ1v) is 9.62. The van der Waals surface area contributed by atoms with Gasteiger partial charge in [-0.25, -0.2) is 36.7 Å². The lowest BCUT2D eigenvalue weighted by Gasteiger charge is -2.18. The van der Waals surface area contributed by atoms with Gasteiger partial charge in [0.15, 0.2) is 10.8 Å². The van der Waals surface area contributed by atoms with E-state index in [4.69, 9.17) is 16.7 Å². The van der Waals surface area contributed by atoms with Gasteiger partial charge in [-0.1, -0.05) is 23.7 Å². The number of pyridine rings is 1. The van der Waals surface area contributed by atoms with Crippen LogP contribution in [0.4, 0.5) is 19.0 Å². The van der Waals surface area contributed by atoms with Crippen LogP contribution in [0, 0.1) is 5.82 Å². The van der Waals surface area contributed by atoms with Crippen LogP contribution in [0.25, 0.3) is 0 Å². The van der Waals surface area contributed by atoms with Gasteiger partial charge in [0.05, 0.1) is 0 Å². The zero-order chi connectivity index (χ0) is 20.5. The molecule has 148 valence electrons. The molecule has 2 aromatic heterocycles. The molecule has 0 aliphatic carbocycles. The van der Waals surface area contributed by atoms with E-state index >= 15 is 0 Å². The smallest absolute Gasteiger partial charge is 0.283 e. The molecule has 0 saturated heterocycles. The molecular weight excluding hydrogens is 419 g/mol. The number of aromatic nitrogens is 3. The van der Waals surface area contributed by atoms with Gasteiger partial charge < -0.3 is 10.3 Å². The van der Waals surface area contributed by atoms with Gasteiger partial charge in [-0.3, -0.25) is 0 Å². The number of nitrogens with zero attached hydrogens (tertiary/aromatic N) is 2. The van der Waals surface area contributed by atoms with Crippen molar-refractivity contribution in [3.05, 3.63) is 70.5 Å². The van der Waals surface area contributed by atoms with Gasteiger partial charge in [0.1, 0.15) is 23.4 Å². The number of aromatic amines is 1. The van der Waals surface area contributed by atoms with Crippen LogP contribution < -0.4 is 10.5 Å². The molecule has 0 aliphatic rings. The highest BCUT2D eigenvalue weighted by atomic mass is 35.5. The lowest BCUT2D eigenvalue weighted by molar-refractivity contribution is 0.140. The number of hydrogen-bond acceptors (Lipinski definition) is 5. The molecular formula is C16H13ClF3N5O2S. The lowest BCUT2D eigenvalue weighted by atomic mass is 10.1. The van der Waals surface area contributed by atoms with E-state index in [9.17, 15) is 21.6 Å². The van der Waals surface area contributed by atoms with Crippen LogP contribution in [0.1, 0.15) is 29.5 Å². The molecule has 3 rings (SSSR count). The maximum Gasteiger partial charge on any atom is 0.283 e. The molecule has 0 spiro atoms. The Labute approximate surface area is 162 Å². The molecule has 2 heterocycles. The number of alkyl halides is 2. The van der Waals surface area contributed by atoms with Gasteiger partial charge >= 0.3 is 0 Å². The Kier molecular flexibility index (Phi) is 5.59. The normalized spacial score (nSPS) is 12.9. The van der Waals surface area contributed by atoms with Crippen LogP contribution in [-0.2, 0) is 10.0 Å². The van der Waals surface area contributed by atoms with E-state index in [1.165, 1.54) is 6.07 Å². The molecule has 0 saturated carbocycles. The summed E-state index contributed by atoms with van der Waals surface area (Å²) >= 11 is 5.88. The first-order chi connectivity index (χ1) is 13.1. The van der Waals surface area contributed by atoms with Crippen molar-refractivity contribution in [3.8, 4) is 0 Å². The quantitative estimate of drug-likeness (QED) is 0.553. The number of benzene rings is 1. The van der Waals surface area contributed by atoms with E-state index in [2.05, 4.69) is 20.3 Å². The SMILES string of the molecule is NS(=O)(=O)c1c[nH]c(C(Nc2ccc(F)c(C(F)F)n2)c2ccc(Cl)cc2)n1. The lowest BCUT2D eigenvalue weighted by Crippen LogP contribution is -2.17. The molecule has 0 fully saturated rings. The summed E-state index contributed by atoms with van der Waals surface area (Å²) < 4.78 is 62.3. The van der Waals surface area contributed by atoms with Crippen molar-refractivity contribution in [2.75, 3.05) is 5.32 Å². The van der Waals surface area contributed by atoms with E-state index in [1.54, 1.807) is 24.3 Å². The Morgan fingerprint density at radius 1 is 1.11 bits per heavy atom. The molecule has 0 amide bonds. The summed E-state index contributed by atoms with van der Waals surface area (Å²) in [5, 5.41) is 7.95. The third-order valence-corrected chi connectivity index (χ3v) is 4.76. The van der Waals surface area contributed by atoms with Gasteiger partial charge in [0.2, 0.25) is 0 Å². The minimum absolute atomic E-state index is 0.0646. The topological polar surface area (TPSA) is 114 Å². The average Bonchev–Trinajstić information content (AvgIpc) is 3.12. The van der Waals surface area contributed by atoms with Gasteiger partial charge in [-0.15, -0.1) is 0 Å². The monoisotopic (exact) mass is 431 g/mol. The highest BCUT2D eigenvalue weighted by molar-refractivity contribution is 7.89. The summed E-state index contributed by atoms with van der Waals surface area (Å²) in [6, 6.07) is 7.60. The van der Waals surface area contributed by atoms with Crippen molar-refractivity contribution >= 4 is 27.4 Å². The second-order valence-corrected chi connectivity index (χ2v) is 7.61. The largest absolute Gasteiger partial charge is 0.356 e. The number of rotatable bonds is 6. The Hall–Kier alpha value is -2.63. The van der Waals surface area contributed by atoms with Gasteiger partial charge in [-0.05, 0) is 29.8 Å². The number of anilines is 1. The van der Waals surface area contributed by atoms with Crippen molar-refractivity contribution in [3.63, 3.8) is 0 Å². The van der Waals surface area contributed by atoms with Crippen molar-refractivity contribution in [1.82, 2.24) is 15.0 Å². The second-order valence-electron chi connectivity index (χ2n) is 5.66. The van der Waals surface area contributed by atoms with E-state index in [0.29, 0.717) is 10.6 Å². The van der Waals surface area contributed by atoms with Crippen LogP contribution in [0.2, 0.25) is 5.02 Å². The van der Waals surface area contributed by atoms with Crippen LogP contribution in [0.3, 0.4) is 0 Å². The predicted molar refractivity (Wildman–Crippen MR) is 96.0 cm³/mol. The van der Waals surface area contributed by atoms with Crippen LogP contribution in [0.5, 0.6) is 0 Å². The summed E-state index contributed by atoms with van der Waals surface area (Å²) in [4.78, 5) is 10.2. The molecule has 12 heteroatoms. The summed E-state index contributed by atoms with van der Waals surface area (Å²) in [5.41, 5.74) is -0.450. The second kappa shape index (κ2) is 7.78. The van der Waals surface area contributed by atoms with Gasteiger partial charge in [0.25, 0.3) is 16.4 Å². The van der Waals surface area contributed by atoms with Gasteiger partial charge in [0, 0.05) is 11.2 Å². The number of imidazole rings is 1. The van der Waals surface area contributed by atoms with Crippen molar-refractivity contribution in [2.45, 2.75) is 17.5 Å². The third-order valence-electron chi connectivity index (χ3n) is 3.71. The van der Waals surface area contributed by atoms with Crippen LogP contribution in [0.15, 0.2) is 47.6 Å². The van der Waals surface area contributed by atoms with E-state index in [0.717, 1.165) is 12.3 Å². The maximum atomic E-state index is 13.5. The highest BCUT2D eigenvalue weighted by Crippen LogP contribution is 2.28. The first-order valence-electron chi connectivity index (χ1n) is 7.70. The summed E-state index contributed by atoms with van der Waals surface area (Å²) in [6.07, 6.45) is -2.01. The zero-order valence-corrected chi connectivity index (χ0v) is 15.5. The number of halogens is 4. The summed E-state index contributed by atoms with van der Waals surface area (Å²) in [5.74, 6) is -1.08. The van der Waals surface area contributed by atoms with Crippen molar-refractivity contribution < 1.29 is 21.6 Å². The first kappa shape index (κ1) is 20.1. The third kappa shape index (κ3) is 4.43. The number of H-pyrrole nitrogens is 1. The number of sulfonamides is 1. The fourth-order valence-electron chi connectivity index (χ4n) is 2.42.